The number of nitrogens with one attached hydrogen (secondary N) is 2. The molecule has 1 unspecified atom stereocenters. The molecule has 0 bridgehead atoms. The van der Waals surface area contributed by atoms with E-state index in [0.29, 0.717) is 16.8 Å². The van der Waals surface area contributed by atoms with Crippen LogP contribution >= 0.6 is 0 Å². The van der Waals surface area contributed by atoms with Gasteiger partial charge in [-0.1, -0.05) is 0 Å². The quantitative estimate of drug-likeness (QED) is 0.820. The molecular weight excluding hydrogens is 369 g/mol. The first-order chi connectivity index (χ1) is 12.8. The highest BCUT2D eigenvalue weighted by Crippen LogP contribution is 2.21. The van der Waals surface area contributed by atoms with Crippen LogP contribution in [0.4, 0.5) is 10.1 Å². The summed E-state index contributed by atoms with van der Waals surface area (Å²) in [6.45, 7) is 3.20. The topological polar surface area (TPSA) is 78.5 Å². The Labute approximate surface area is 158 Å². The molecule has 0 aliphatic carbocycles. The Morgan fingerprint density at radius 2 is 1.93 bits per heavy atom. The summed E-state index contributed by atoms with van der Waals surface area (Å²) in [6.07, 6.45) is 0.914. The Morgan fingerprint density at radius 1 is 1.22 bits per heavy atom. The van der Waals surface area contributed by atoms with Gasteiger partial charge in [0, 0.05) is 30.9 Å². The van der Waals surface area contributed by atoms with Crippen molar-refractivity contribution in [2.75, 3.05) is 24.9 Å². The Kier molecular flexibility index (Phi) is 5.48. The van der Waals surface area contributed by atoms with Gasteiger partial charge in [-0.15, -0.1) is 0 Å². The van der Waals surface area contributed by atoms with E-state index in [4.69, 9.17) is 0 Å². The third kappa shape index (κ3) is 4.28. The Balaban J connectivity index is 1.74. The van der Waals surface area contributed by atoms with Crippen LogP contribution in [0, 0.1) is 12.7 Å². The van der Waals surface area contributed by atoms with Gasteiger partial charge in [0.25, 0.3) is 15.9 Å². The van der Waals surface area contributed by atoms with Crippen molar-refractivity contribution in [3.63, 3.8) is 0 Å². The zero-order valence-corrected chi connectivity index (χ0v) is 16.0. The van der Waals surface area contributed by atoms with Crippen LogP contribution in [0.3, 0.4) is 0 Å². The lowest BCUT2D eigenvalue weighted by molar-refractivity contribution is 0.0744. The van der Waals surface area contributed by atoms with Crippen molar-refractivity contribution in [2.45, 2.75) is 24.3 Å². The first-order valence-corrected chi connectivity index (χ1v) is 10.1. The second-order valence-corrected chi connectivity index (χ2v) is 8.31. The lowest BCUT2D eigenvalue weighted by Crippen LogP contribution is -2.38. The summed E-state index contributed by atoms with van der Waals surface area (Å²) in [5, 5.41) is 3.22. The smallest absolute Gasteiger partial charge is 0.262 e. The second kappa shape index (κ2) is 7.66. The summed E-state index contributed by atoms with van der Waals surface area (Å²) >= 11 is 0. The fourth-order valence-corrected chi connectivity index (χ4v) is 4.43. The number of halogens is 1. The van der Waals surface area contributed by atoms with Gasteiger partial charge in [-0.25, -0.2) is 12.8 Å². The van der Waals surface area contributed by atoms with Crippen LogP contribution in [-0.2, 0) is 10.0 Å². The summed E-state index contributed by atoms with van der Waals surface area (Å²) in [5.74, 6) is -0.594. The molecule has 6 nitrogen and oxygen atoms in total. The van der Waals surface area contributed by atoms with Crippen LogP contribution in [0.25, 0.3) is 0 Å². The van der Waals surface area contributed by atoms with Crippen molar-refractivity contribution in [1.82, 2.24) is 10.2 Å². The minimum atomic E-state index is -3.84. The number of likely N-dealkylation sites (N-methyl/N-ethyl adjacent to an activating group) is 1. The number of rotatable bonds is 5. The summed E-state index contributed by atoms with van der Waals surface area (Å²) < 4.78 is 40.7. The van der Waals surface area contributed by atoms with E-state index in [1.807, 2.05) is 0 Å². The van der Waals surface area contributed by atoms with Gasteiger partial charge in [0.05, 0.1) is 4.90 Å². The van der Waals surface area contributed by atoms with Gasteiger partial charge in [0.15, 0.2) is 0 Å². The molecule has 1 atom stereocenters. The summed E-state index contributed by atoms with van der Waals surface area (Å²) in [5.41, 5.74) is 1.15. The highest BCUT2D eigenvalue weighted by atomic mass is 32.2. The van der Waals surface area contributed by atoms with Crippen LogP contribution in [0.2, 0.25) is 0 Å². The maximum absolute atomic E-state index is 13.2. The SMILES string of the molecule is Cc1cc(F)ccc1S(=O)(=O)Nc1ccc(C(=O)N(C)C2CCNC2)cc1. The normalized spacial score (nSPS) is 16.9. The zero-order valence-electron chi connectivity index (χ0n) is 15.2. The number of amides is 1. The van der Waals surface area contributed by atoms with Gasteiger partial charge in [-0.05, 0) is 67.9 Å². The maximum Gasteiger partial charge on any atom is 0.262 e. The van der Waals surface area contributed by atoms with Crippen molar-refractivity contribution in [3.05, 3.63) is 59.4 Å². The Bertz CT molecular complexity index is 939. The van der Waals surface area contributed by atoms with Crippen LogP contribution in [0.15, 0.2) is 47.4 Å². The molecule has 3 rings (SSSR count). The van der Waals surface area contributed by atoms with Crippen molar-refractivity contribution >= 4 is 21.6 Å². The number of carbonyl (C=O) groups is 1. The van der Waals surface area contributed by atoms with Crippen LogP contribution in [0.1, 0.15) is 22.3 Å². The van der Waals surface area contributed by atoms with Gasteiger partial charge < -0.3 is 10.2 Å². The molecule has 2 N–H and O–H groups in total. The van der Waals surface area contributed by atoms with E-state index in [1.54, 1.807) is 36.2 Å². The predicted octanol–water partition coefficient (Wildman–Crippen LogP) is 2.37. The molecule has 2 aromatic rings. The van der Waals surface area contributed by atoms with E-state index < -0.39 is 15.8 Å². The standard InChI is InChI=1S/C19H22FN3O3S/c1-13-11-15(20)5-8-18(13)27(25,26)22-16-6-3-14(4-7-16)19(24)23(2)17-9-10-21-12-17/h3-8,11,17,21-22H,9-10,12H2,1-2H3. The van der Waals surface area contributed by atoms with Gasteiger partial charge in [-0.3, -0.25) is 9.52 Å². The molecule has 8 heteroatoms. The van der Waals surface area contributed by atoms with Crippen molar-refractivity contribution < 1.29 is 17.6 Å². The Hall–Kier alpha value is -2.45. The fraction of sp³-hybridized carbons (Fsp3) is 0.316. The molecule has 0 aromatic heterocycles. The third-order valence-corrected chi connectivity index (χ3v) is 6.25. The van der Waals surface area contributed by atoms with E-state index in [0.717, 1.165) is 25.6 Å². The summed E-state index contributed by atoms with van der Waals surface area (Å²) in [4.78, 5) is 14.3. The van der Waals surface area contributed by atoms with Crippen LogP contribution < -0.4 is 10.0 Å². The van der Waals surface area contributed by atoms with Crippen LogP contribution in [-0.4, -0.2) is 45.4 Å². The van der Waals surface area contributed by atoms with E-state index >= 15 is 0 Å². The number of sulfonamides is 1. The highest BCUT2D eigenvalue weighted by Gasteiger charge is 2.24. The number of carbonyl (C=O) groups excluding carboxylic acids is 1. The van der Waals surface area contributed by atoms with E-state index in [9.17, 15) is 17.6 Å². The lowest BCUT2D eigenvalue weighted by atomic mass is 10.1. The molecule has 1 amide bonds. The Morgan fingerprint density at radius 3 is 2.52 bits per heavy atom. The highest BCUT2D eigenvalue weighted by molar-refractivity contribution is 7.92. The zero-order chi connectivity index (χ0) is 19.6. The van der Waals surface area contributed by atoms with E-state index in [2.05, 4.69) is 10.0 Å². The molecule has 1 saturated heterocycles. The molecule has 27 heavy (non-hydrogen) atoms. The number of nitrogens with zero attached hydrogens (tertiary/aromatic N) is 1. The molecule has 1 heterocycles. The van der Waals surface area contributed by atoms with Gasteiger partial charge in [0.1, 0.15) is 5.82 Å². The monoisotopic (exact) mass is 391 g/mol. The average Bonchev–Trinajstić information content (AvgIpc) is 3.15. The van der Waals surface area contributed by atoms with E-state index in [1.165, 1.54) is 19.1 Å². The molecule has 144 valence electrons. The molecule has 1 aliphatic heterocycles. The molecule has 2 aromatic carbocycles. The largest absolute Gasteiger partial charge is 0.337 e. The van der Waals surface area contributed by atoms with Crippen LogP contribution in [0.5, 0.6) is 0 Å². The molecule has 1 aliphatic rings. The van der Waals surface area contributed by atoms with Crippen molar-refractivity contribution in [2.24, 2.45) is 0 Å². The first kappa shape index (κ1) is 19.3. The molecule has 0 spiro atoms. The fourth-order valence-electron chi connectivity index (χ4n) is 3.14. The van der Waals surface area contributed by atoms with Gasteiger partial charge >= 0.3 is 0 Å². The van der Waals surface area contributed by atoms with Gasteiger partial charge in [0.2, 0.25) is 0 Å². The average molecular weight is 391 g/mol. The number of anilines is 1. The summed E-state index contributed by atoms with van der Waals surface area (Å²) in [7, 11) is -2.07. The summed E-state index contributed by atoms with van der Waals surface area (Å²) in [6, 6.07) is 9.95. The first-order valence-electron chi connectivity index (χ1n) is 8.65. The minimum absolute atomic E-state index is 0.0116. The third-order valence-electron chi connectivity index (χ3n) is 4.71. The van der Waals surface area contributed by atoms with E-state index in [-0.39, 0.29) is 16.8 Å². The molecule has 0 saturated carbocycles. The lowest BCUT2D eigenvalue weighted by Gasteiger charge is -2.23. The molecule has 1 fully saturated rings. The minimum Gasteiger partial charge on any atom is -0.337 e. The number of hydrogen-bond donors (Lipinski definition) is 2. The molecular formula is C19H22FN3O3S. The molecule has 0 radical (unpaired) electrons. The van der Waals surface area contributed by atoms with Crippen molar-refractivity contribution in [3.8, 4) is 0 Å². The number of benzene rings is 2. The van der Waals surface area contributed by atoms with Gasteiger partial charge in [-0.2, -0.15) is 0 Å². The second-order valence-electron chi connectivity index (χ2n) is 6.66. The number of aryl methyl sites for hydroxylation is 1. The van der Waals surface area contributed by atoms with Crippen molar-refractivity contribution in [1.29, 1.82) is 0 Å². The predicted molar refractivity (Wildman–Crippen MR) is 102 cm³/mol. The number of hydrogen-bond acceptors (Lipinski definition) is 4. The maximum atomic E-state index is 13.2.